The zero-order valence-electron chi connectivity index (χ0n) is 12.2. The van der Waals surface area contributed by atoms with Crippen molar-refractivity contribution in [2.24, 2.45) is 11.7 Å². The van der Waals surface area contributed by atoms with Crippen LogP contribution >= 0.6 is 0 Å². The van der Waals surface area contributed by atoms with E-state index in [0.29, 0.717) is 23.9 Å². The van der Waals surface area contributed by atoms with Crippen LogP contribution in [0.4, 0.5) is 0 Å². The molecule has 0 aliphatic heterocycles. The van der Waals surface area contributed by atoms with Crippen molar-refractivity contribution in [1.82, 2.24) is 4.31 Å². The van der Waals surface area contributed by atoms with E-state index >= 15 is 0 Å². The monoisotopic (exact) mass is 284 g/mol. The van der Waals surface area contributed by atoms with Gasteiger partial charge in [0.15, 0.2) is 0 Å². The summed E-state index contributed by atoms with van der Waals surface area (Å²) in [6.45, 7) is 6.98. The smallest absolute Gasteiger partial charge is 0.242 e. The van der Waals surface area contributed by atoms with Crippen LogP contribution in [0.15, 0.2) is 23.1 Å². The molecule has 108 valence electrons. The zero-order chi connectivity index (χ0) is 14.6. The molecule has 1 rings (SSSR count). The van der Waals surface area contributed by atoms with E-state index in [2.05, 4.69) is 13.8 Å². The van der Waals surface area contributed by atoms with Crippen molar-refractivity contribution in [2.75, 3.05) is 13.6 Å². The molecule has 19 heavy (non-hydrogen) atoms. The van der Waals surface area contributed by atoms with Crippen molar-refractivity contribution < 1.29 is 8.42 Å². The Hall–Kier alpha value is -0.910. The minimum atomic E-state index is -3.41. The Kier molecular flexibility index (Phi) is 5.52. The molecule has 1 aromatic carbocycles. The highest BCUT2D eigenvalue weighted by Gasteiger charge is 2.21. The number of nitrogens with zero attached hydrogens (tertiary/aromatic N) is 1. The fourth-order valence-corrected chi connectivity index (χ4v) is 3.01. The third-order valence-electron chi connectivity index (χ3n) is 3.27. The Labute approximate surface area is 116 Å². The first-order valence-corrected chi connectivity index (χ1v) is 7.99. The number of benzene rings is 1. The minimum Gasteiger partial charge on any atom is -0.326 e. The van der Waals surface area contributed by atoms with Gasteiger partial charge in [-0.25, -0.2) is 12.7 Å². The van der Waals surface area contributed by atoms with Crippen molar-refractivity contribution in [3.05, 3.63) is 29.3 Å². The molecule has 1 aromatic rings. The molecule has 0 fully saturated rings. The molecule has 0 saturated carbocycles. The molecule has 0 unspecified atom stereocenters. The summed E-state index contributed by atoms with van der Waals surface area (Å²) in [6, 6.07) is 5.14. The van der Waals surface area contributed by atoms with Crippen LogP contribution < -0.4 is 5.73 Å². The topological polar surface area (TPSA) is 63.4 Å². The lowest BCUT2D eigenvalue weighted by atomic mass is 10.1. The first-order valence-electron chi connectivity index (χ1n) is 6.55. The van der Waals surface area contributed by atoms with Gasteiger partial charge in [0, 0.05) is 20.1 Å². The number of nitrogens with two attached hydrogens (primary N) is 1. The van der Waals surface area contributed by atoms with Crippen molar-refractivity contribution in [3.63, 3.8) is 0 Å². The van der Waals surface area contributed by atoms with Gasteiger partial charge in [-0.15, -0.1) is 0 Å². The molecule has 4 nitrogen and oxygen atoms in total. The van der Waals surface area contributed by atoms with E-state index in [1.54, 1.807) is 19.2 Å². The fourth-order valence-electron chi connectivity index (χ4n) is 1.77. The van der Waals surface area contributed by atoms with Crippen LogP contribution in [0.5, 0.6) is 0 Å². The van der Waals surface area contributed by atoms with Crippen molar-refractivity contribution in [2.45, 2.75) is 38.6 Å². The van der Waals surface area contributed by atoms with E-state index in [-0.39, 0.29) is 0 Å². The summed E-state index contributed by atoms with van der Waals surface area (Å²) in [7, 11) is -1.78. The van der Waals surface area contributed by atoms with Gasteiger partial charge >= 0.3 is 0 Å². The van der Waals surface area contributed by atoms with E-state index in [1.807, 2.05) is 13.0 Å². The van der Waals surface area contributed by atoms with Crippen LogP contribution in [0.3, 0.4) is 0 Å². The fraction of sp³-hybridized carbons (Fsp3) is 0.571. The maximum atomic E-state index is 12.4. The summed E-state index contributed by atoms with van der Waals surface area (Å²) in [6.07, 6.45) is 0.853. The van der Waals surface area contributed by atoms with E-state index < -0.39 is 10.0 Å². The first-order chi connectivity index (χ1) is 8.78. The van der Waals surface area contributed by atoms with Gasteiger partial charge in [0.25, 0.3) is 0 Å². The number of rotatable bonds is 6. The van der Waals surface area contributed by atoms with Crippen molar-refractivity contribution in [1.29, 1.82) is 0 Å². The second-order valence-corrected chi connectivity index (χ2v) is 7.35. The average Bonchev–Trinajstić information content (AvgIpc) is 2.35. The van der Waals surface area contributed by atoms with Crippen LogP contribution in [-0.2, 0) is 16.6 Å². The number of hydrogen-bond acceptors (Lipinski definition) is 3. The van der Waals surface area contributed by atoms with Crippen molar-refractivity contribution in [3.8, 4) is 0 Å². The first kappa shape index (κ1) is 16.1. The molecule has 0 amide bonds. The van der Waals surface area contributed by atoms with E-state index in [1.165, 1.54) is 4.31 Å². The molecule has 5 heteroatoms. The summed E-state index contributed by atoms with van der Waals surface area (Å²) >= 11 is 0. The largest absolute Gasteiger partial charge is 0.326 e. The lowest BCUT2D eigenvalue weighted by molar-refractivity contribution is 0.428. The van der Waals surface area contributed by atoms with Gasteiger partial charge in [0.2, 0.25) is 10.0 Å². The zero-order valence-corrected chi connectivity index (χ0v) is 13.0. The Morgan fingerprint density at radius 2 is 1.95 bits per heavy atom. The number of sulfonamides is 1. The normalized spacial score (nSPS) is 12.4. The predicted molar refractivity (Wildman–Crippen MR) is 78.3 cm³/mol. The maximum absolute atomic E-state index is 12.4. The summed E-state index contributed by atoms with van der Waals surface area (Å²) in [5, 5.41) is 0. The second kappa shape index (κ2) is 6.50. The van der Waals surface area contributed by atoms with Gasteiger partial charge in [-0.3, -0.25) is 0 Å². The van der Waals surface area contributed by atoms with Crippen LogP contribution in [0, 0.1) is 12.8 Å². The Morgan fingerprint density at radius 3 is 2.47 bits per heavy atom. The third kappa shape index (κ3) is 4.03. The molecule has 0 heterocycles. The molecule has 0 saturated heterocycles. The van der Waals surface area contributed by atoms with Gasteiger partial charge in [-0.2, -0.15) is 0 Å². The average molecular weight is 284 g/mol. The van der Waals surface area contributed by atoms with Gasteiger partial charge < -0.3 is 5.73 Å². The Morgan fingerprint density at radius 1 is 1.32 bits per heavy atom. The predicted octanol–water partition coefficient (Wildman–Crippen LogP) is 2.12. The van der Waals surface area contributed by atoms with Crippen molar-refractivity contribution >= 4 is 10.0 Å². The minimum absolute atomic E-state index is 0.324. The number of aryl methyl sites for hydroxylation is 1. The van der Waals surface area contributed by atoms with E-state index in [0.717, 1.165) is 17.5 Å². The van der Waals surface area contributed by atoms with E-state index in [9.17, 15) is 8.42 Å². The summed E-state index contributed by atoms with van der Waals surface area (Å²) < 4.78 is 26.2. The van der Waals surface area contributed by atoms with Gasteiger partial charge in [0.05, 0.1) is 4.90 Å². The van der Waals surface area contributed by atoms with Crippen LogP contribution in [0.25, 0.3) is 0 Å². The molecule has 2 N–H and O–H groups in total. The molecular weight excluding hydrogens is 260 g/mol. The molecular formula is C14H24N2O2S. The third-order valence-corrected chi connectivity index (χ3v) is 5.12. The van der Waals surface area contributed by atoms with Gasteiger partial charge in [0.1, 0.15) is 0 Å². The molecule has 0 bridgehead atoms. The summed E-state index contributed by atoms with van der Waals surface area (Å²) in [5.41, 5.74) is 7.52. The lowest BCUT2D eigenvalue weighted by Crippen LogP contribution is -2.28. The molecule has 0 aromatic heterocycles. The maximum Gasteiger partial charge on any atom is 0.242 e. The SMILES string of the molecule is Cc1ccc(S(=O)(=O)N(C)CCC(C)C)cc1CN. The highest BCUT2D eigenvalue weighted by Crippen LogP contribution is 2.19. The van der Waals surface area contributed by atoms with Crippen LogP contribution in [0.1, 0.15) is 31.4 Å². The standard InChI is InChI=1S/C14H24N2O2S/c1-11(2)7-8-16(4)19(17,18)14-6-5-12(3)13(9-14)10-15/h5-6,9,11H,7-8,10,15H2,1-4H3. The van der Waals surface area contributed by atoms with Gasteiger partial charge in [-0.1, -0.05) is 19.9 Å². The molecule has 0 spiro atoms. The molecule has 0 atom stereocenters. The molecule has 0 radical (unpaired) electrons. The lowest BCUT2D eigenvalue weighted by Gasteiger charge is -2.19. The highest BCUT2D eigenvalue weighted by atomic mass is 32.2. The summed E-state index contributed by atoms with van der Waals surface area (Å²) in [4.78, 5) is 0.324. The van der Waals surface area contributed by atoms with Crippen LogP contribution in [0.2, 0.25) is 0 Å². The second-order valence-electron chi connectivity index (χ2n) is 5.30. The highest BCUT2D eigenvalue weighted by molar-refractivity contribution is 7.89. The Bertz CT molecular complexity index is 524. The quantitative estimate of drug-likeness (QED) is 0.870. The van der Waals surface area contributed by atoms with Crippen LogP contribution in [-0.4, -0.2) is 26.3 Å². The van der Waals surface area contributed by atoms with Gasteiger partial charge in [-0.05, 0) is 42.5 Å². The Balaban J connectivity index is 2.99. The number of hydrogen-bond donors (Lipinski definition) is 1. The molecule has 0 aliphatic carbocycles. The summed E-state index contributed by atoms with van der Waals surface area (Å²) in [5.74, 6) is 0.482. The van der Waals surface area contributed by atoms with E-state index in [4.69, 9.17) is 5.73 Å². The molecule has 0 aliphatic rings.